The maximum atomic E-state index is 11.9. The molecule has 3 N–H and O–H groups in total. The van der Waals surface area contributed by atoms with Crippen molar-refractivity contribution in [3.8, 4) is 5.75 Å². The van der Waals surface area contributed by atoms with E-state index in [1.165, 1.54) is 11.3 Å². The van der Waals surface area contributed by atoms with Gasteiger partial charge in [0.2, 0.25) is 5.91 Å². The van der Waals surface area contributed by atoms with Gasteiger partial charge < -0.3 is 10.5 Å². The van der Waals surface area contributed by atoms with Gasteiger partial charge in [0.25, 0.3) is 5.91 Å². The van der Waals surface area contributed by atoms with Crippen LogP contribution in [-0.4, -0.2) is 24.1 Å². The molecular formula is C17H19N3O3S. The number of hydrogen-bond donors (Lipinski definition) is 2. The highest BCUT2D eigenvalue weighted by molar-refractivity contribution is 7.10. The van der Waals surface area contributed by atoms with E-state index in [1.54, 1.807) is 12.1 Å². The molecule has 7 heteroatoms. The Bertz CT molecular complexity index is 709. The van der Waals surface area contributed by atoms with Gasteiger partial charge in [-0.15, -0.1) is 11.3 Å². The number of benzene rings is 1. The second kappa shape index (κ2) is 8.83. The van der Waals surface area contributed by atoms with Crippen LogP contribution in [0.2, 0.25) is 0 Å². The minimum absolute atomic E-state index is 0.148. The zero-order valence-corrected chi connectivity index (χ0v) is 14.1. The zero-order chi connectivity index (χ0) is 17.4. The summed E-state index contributed by atoms with van der Waals surface area (Å²) in [5.41, 5.74) is 9.26. The number of nitrogens with one attached hydrogen (secondary N) is 1. The first-order valence-electron chi connectivity index (χ1n) is 7.47. The van der Waals surface area contributed by atoms with Crippen molar-refractivity contribution in [3.05, 3.63) is 52.2 Å². The minimum atomic E-state index is -0.525. The van der Waals surface area contributed by atoms with Gasteiger partial charge in [0.05, 0.1) is 12.1 Å². The lowest BCUT2D eigenvalue weighted by Gasteiger charge is -2.07. The normalized spacial score (nSPS) is 11.1. The summed E-state index contributed by atoms with van der Waals surface area (Å²) in [4.78, 5) is 23.6. The van der Waals surface area contributed by atoms with Gasteiger partial charge in [-0.2, -0.15) is 5.10 Å². The number of nitrogens with two attached hydrogens (primary N) is 1. The Morgan fingerprint density at radius 1 is 1.25 bits per heavy atom. The molecule has 0 aliphatic carbocycles. The summed E-state index contributed by atoms with van der Waals surface area (Å²) in [6.07, 6.45) is 0.985. The van der Waals surface area contributed by atoms with Crippen molar-refractivity contribution >= 4 is 28.9 Å². The maximum Gasteiger partial charge on any atom is 0.255 e. The first-order valence-corrected chi connectivity index (χ1v) is 8.35. The molecule has 0 aliphatic rings. The third-order valence-corrected chi connectivity index (χ3v) is 4.01. The fraction of sp³-hybridized carbons (Fsp3) is 0.235. The monoisotopic (exact) mass is 345 g/mol. The van der Waals surface area contributed by atoms with E-state index in [1.807, 2.05) is 36.6 Å². The number of thiophene rings is 1. The Morgan fingerprint density at radius 3 is 2.58 bits per heavy atom. The van der Waals surface area contributed by atoms with Gasteiger partial charge in [-0.05, 0) is 47.7 Å². The molecular weight excluding hydrogens is 326 g/mol. The van der Waals surface area contributed by atoms with Gasteiger partial charge in [-0.25, -0.2) is 5.43 Å². The standard InChI is InChI=1S/C17H19N3O3S/c1-2-15(19-20-17(22)10-14-4-3-9-24-14)12-5-7-13(8-6-12)23-11-16(18)21/h3-9H,2,10-11H2,1H3,(H2,18,21)(H,20,22)/b19-15+. The number of carbonyl (C=O) groups is 2. The summed E-state index contributed by atoms with van der Waals surface area (Å²) in [5, 5.41) is 6.14. The van der Waals surface area contributed by atoms with E-state index in [2.05, 4.69) is 10.5 Å². The van der Waals surface area contributed by atoms with Crippen LogP contribution in [0.4, 0.5) is 0 Å². The molecule has 24 heavy (non-hydrogen) atoms. The average Bonchev–Trinajstić information content (AvgIpc) is 3.07. The molecule has 0 saturated heterocycles. The Hall–Kier alpha value is -2.67. The Morgan fingerprint density at radius 2 is 2.00 bits per heavy atom. The van der Waals surface area contributed by atoms with E-state index in [-0.39, 0.29) is 12.5 Å². The number of rotatable bonds is 8. The van der Waals surface area contributed by atoms with E-state index in [4.69, 9.17) is 10.5 Å². The highest BCUT2D eigenvalue weighted by Gasteiger charge is 2.06. The smallest absolute Gasteiger partial charge is 0.255 e. The quantitative estimate of drug-likeness (QED) is 0.566. The molecule has 0 radical (unpaired) electrons. The molecule has 1 aromatic carbocycles. The molecule has 6 nitrogen and oxygen atoms in total. The van der Waals surface area contributed by atoms with E-state index < -0.39 is 5.91 Å². The van der Waals surface area contributed by atoms with Crippen LogP contribution in [0.25, 0.3) is 0 Å². The topological polar surface area (TPSA) is 93.8 Å². The predicted molar refractivity (Wildman–Crippen MR) is 94.1 cm³/mol. The second-order valence-corrected chi connectivity index (χ2v) is 6.01. The van der Waals surface area contributed by atoms with Crippen molar-refractivity contribution in [1.82, 2.24) is 5.43 Å². The van der Waals surface area contributed by atoms with Crippen molar-refractivity contribution in [2.75, 3.05) is 6.61 Å². The fourth-order valence-corrected chi connectivity index (χ4v) is 2.69. The van der Waals surface area contributed by atoms with Crippen LogP contribution in [-0.2, 0) is 16.0 Å². The largest absolute Gasteiger partial charge is 0.484 e. The van der Waals surface area contributed by atoms with Crippen LogP contribution in [0.15, 0.2) is 46.9 Å². The van der Waals surface area contributed by atoms with Crippen LogP contribution >= 0.6 is 11.3 Å². The van der Waals surface area contributed by atoms with Crippen molar-refractivity contribution < 1.29 is 14.3 Å². The van der Waals surface area contributed by atoms with E-state index >= 15 is 0 Å². The number of primary amides is 1. The third-order valence-electron chi connectivity index (χ3n) is 3.13. The second-order valence-electron chi connectivity index (χ2n) is 4.98. The molecule has 2 aromatic rings. The maximum absolute atomic E-state index is 11.9. The van der Waals surface area contributed by atoms with Crippen LogP contribution in [0.5, 0.6) is 5.75 Å². The Balaban J connectivity index is 1.96. The highest BCUT2D eigenvalue weighted by atomic mass is 32.1. The molecule has 2 amide bonds. The number of hydrogen-bond acceptors (Lipinski definition) is 5. The van der Waals surface area contributed by atoms with Crippen molar-refractivity contribution in [3.63, 3.8) is 0 Å². The molecule has 0 spiro atoms. The highest BCUT2D eigenvalue weighted by Crippen LogP contribution is 2.14. The lowest BCUT2D eigenvalue weighted by atomic mass is 10.1. The summed E-state index contributed by atoms with van der Waals surface area (Å²) in [5.74, 6) is -0.122. The van der Waals surface area contributed by atoms with Gasteiger partial charge in [0, 0.05) is 4.88 Å². The fourth-order valence-electron chi connectivity index (χ4n) is 1.99. The number of carbonyl (C=O) groups excluding carboxylic acids is 2. The minimum Gasteiger partial charge on any atom is -0.484 e. The molecule has 0 unspecified atom stereocenters. The van der Waals surface area contributed by atoms with Gasteiger partial charge in [-0.3, -0.25) is 9.59 Å². The predicted octanol–water partition coefficient (Wildman–Crippen LogP) is 2.09. The number of amides is 2. The van der Waals surface area contributed by atoms with Crippen LogP contribution in [0, 0.1) is 0 Å². The average molecular weight is 345 g/mol. The molecule has 0 saturated carbocycles. The van der Waals surface area contributed by atoms with Gasteiger partial charge >= 0.3 is 0 Å². The lowest BCUT2D eigenvalue weighted by Crippen LogP contribution is -2.21. The van der Waals surface area contributed by atoms with Crippen molar-refractivity contribution in [2.45, 2.75) is 19.8 Å². The van der Waals surface area contributed by atoms with Crippen molar-refractivity contribution in [2.24, 2.45) is 10.8 Å². The lowest BCUT2D eigenvalue weighted by molar-refractivity contribution is -0.121. The molecule has 1 heterocycles. The van der Waals surface area contributed by atoms with Gasteiger partial charge in [0.15, 0.2) is 6.61 Å². The zero-order valence-electron chi connectivity index (χ0n) is 13.3. The summed E-state index contributed by atoms with van der Waals surface area (Å²) in [6.45, 7) is 1.80. The molecule has 0 aliphatic heterocycles. The first kappa shape index (κ1) is 17.7. The molecule has 126 valence electrons. The van der Waals surface area contributed by atoms with Gasteiger partial charge in [0.1, 0.15) is 5.75 Å². The first-order chi connectivity index (χ1) is 11.6. The molecule has 2 rings (SSSR count). The Labute approximate surface area is 144 Å². The van der Waals surface area contributed by atoms with Crippen LogP contribution in [0.3, 0.4) is 0 Å². The molecule has 0 bridgehead atoms. The summed E-state index contributed by atoms with van der Waals surface area (Å²) < 4.78 is 5.21. The number of hydrazone groups is 1. The summed E-state index contributed by atoms with van der Waals surface area (Å²) in [7, 11) is 0. The van der Waals surface area contributed by atoms with E-state index in [0.29, 0.717) is 18.6 Å². The third kappa shape index (κ3) is 5.51. The van der Waals surface area contributed by atoms with Crippen LogP contribution < -0.4 is 15.9 Å². The molecule has 0 fully saturated rings. The summed E-state index contributed by atoms with van der Waals surface area (Å²) in [6, 6.07) is 10.9. The van der Waals surface area contributed by atoms with Crippen LogP contribution in [0.1, 0.15) is 23.8 Å². The number of nitrogens with zero attached hydrogens (tertiary/aromatic N) is 1. The van der Waals surface area contributed by atoms with Crippen molar-refractivity contribution in [1.29, 1.82) is 0 Å². The van der Waals surface area contributed by atoms with E-state index in [0.717, 1.165) is 16.2 Å². The molecule has 0 atom stereocenters. The summed E-state index contributed by atoms with van der Waals surface area (Å²) >= 11 is 1.54. The Kier molecular flexibility index (Phi) is 6.51. The van der Waals surface area contributed by atoms with Gasteiger partial charge in [-0.1, -0.05) is 13.0 Å². The number of ether oxygens (including phenoxy) is 1. The SMILES string of the molecule is CC/C(=N\NC(=O)Cc1cccs1)c1ccc(OCC(N)=O)cc1. The van der Waals surface area contributed by atoms with E-state index in [9.17, 15) is 9.59 Å². The molecule has 1 aromatic heterocycles.